The fourth-order valence-electron chi connectivity index (χ4n) is 4.00. The molecule has 0 bridgehead atoms. The number of para-hydroxylation sites is 1. The lowest BCUT2D eigenvalue weighted by Gasteiger charge is -2.23. The number of carbonyl (C=O) groups excluding carboxylic acids is 2. The standard InChI is InChI=1S/C27H28N2O5/c1-4-23-27(31)29(16-18-8-7-9-21(14-18)32-2)17-19-15-20(12-13-24(19)34-23)28-26(30)22-10-5-6-11-25(22)33-3/h5-15,23H,4,16-17H2,1-3H3,(H,28,30)/t23-/m0/s1. The number of fused-ring (bicyclic) bond motifs is 1. The van der Waals surface area contributed by atoms with E-state index in [2.05, 4.69) is 5.32 Å². The number of carbonyl (C=O) groups is 2. The van der Waals surface area contributed by atoms with E-state index in [0.717, 1.165) is 16.9 Å². The Morgan fingerprint density at radius 1 is 1.06 bits per heavy atom. The molecule has 0 fully saturated rings. The minimum absolute atomic E-state index is 0.0684. The summed E-state index contributed by atoms with van der Waals surface area (Å²) >= 11 is 0. The number of benzene rings is 3. The summed E-state index contributed by atoms with van der Waals surface area (Å²) in [5.41, 5.74) is 2.84. The van der Waals surface area contributed by atoms with Crippen molar-refractivity contribution in [1.29, 1.82) is 0 Å². The topological polar surface area (TPSA) is 77.1 Å². The molecule has 1 aliphatic rings. The van der Waals surface area contributed by atoms with Gasteiger partial charge in [0, 0.05) is 24.3 Å². The summed E-state index contributed by atoms with van der Waals surface area (Å²) in [6, 6.07) is 20.2. The highest BCUT2D eigenvalue weighted by molar-refractivity contribution is 6.06. The molecule has 2 amide bonds. The number of amides is 2. The largest absolute Gasteiger partial charge is 0.497 e. The molecule has 0 unspecified atom stereocenters. The summed E-state index contributed by atoms with van der Waals surface area (Å²) in [5, 5.41) is 2.93. The van der Waals surface area contributed by atoms with E-state index in [9.17, 15) is 9.59 Å². The van der Waals surface area contributed by atoms with Crippen molar-refractivity contribution < 1.29 is 23.8 Å². The van der Waals surface area contributed by atoms with Gasteiger partial charge in [0.25, 0.3) is 11.8 Å². The van der Waals surface area contributed by atoms with Crippen molar-refractivity contribution in [2.75, 3.05) is 19.5 Å². The first-order valence-electron chi connectivity index (χ1n) is 11.2. The summed E-state index contributed by atoms with van der Waals surface area (Å²) in [6.07, 6.45) is -0.0139. The number of nitrogens with one attached hydrogen (secondary N) is 1. The smallest absolute Gasteiger partial charge is 0.264 e. The van der Waals surface area contributed by atoms with E-state index in [-0.39, 0.29) is 11.8 Å². The molecule has 7 nitrogen and oxygen atoms in total. The summed E-state index contributed by atoms with van der Waals surface area (Å²) < 4.78 is 16.7. The number of ether oxygens (including phenoxy) is 3. The molecule has 176 valence electrons. The molecule has 4 rings (SSSR count). The zero-order valence-electron chi connectivity index (χ0n) is 19.5. The molecule has 0 saturated carbocycles. The van der Waals surface area contributed by atoms with Crippen molar-refractivity contribution in [3.05, 3.63) is 83.4 Å². The van der Waals surface area contributed by atoms with Crippen LogP contribution in [0.15, 0.2) is 66.7 Å². The van der Waals surface area contributed by atoms with Crippen molar-refractivity contribution in [2.45, 2.75) is 32.5 Å². The third-order valence-electron chi connectivity index (χ3n) is 5.77. The van der Waals surface area contributed by atoms with E-state index in [1.807, 2.05) is 43.3 Å². The molecule has 0 aromatic heterocycles. The highest BCUT2D eigenvalue weighted by atomic mass is 16.5. The Labute approximate surface area is 199 Å². The predicted octanol–water partition coefficient (Wildman–Crippen LogP) is 4.66. The van der Waals surface area contributed by atoms with Gasteiger partial charge in [0.1, 0.15) is 17.2 Å². The van der Waals surface area contributed by atoms with Crippen LogP contribution < -0.4 is 19.5 Å². The number of hydrogen-bond acceptors (Lipinski definition) is 5. The van der Waals surface area contributed by atoms with Crippen LogP contribution in [0.5, 0.6) is 17.2 Å². The van der Waals surface area contributed by atoms with E-state index in [1.54, 1.807) is 42.3 Å². The second-order valence-electron chi connectivity index (χ2n) is 8.04. The second-order valence-corrected chi connectivity index (χ2v) is 8.04. The fourth-order valence-corrected chi connectivity index (χ4v) is 4.00. The monoisotopic (exact) mass is 460 g/mol. The first kappa shape index (κ1) is 23.2. The van der Waals surface area contributed by atoms with Gasteiger partial charge >= 0.3 is 0 Å². The zero-order valence-corrected chi connectivity index (χ0v) is 19.5. The van der Waals surface area contributed by atoms with Crippen LogP contribution in [0.25, 0.3) is 0 Å². The van der Waals surface area contributed by atoms with E-state index < -0.39 is 6.10 Å². The Morgan fingerprint density at radius 3 is 2.65 bits per heavy atom. The number of methoxy groups -OCH3 is 2. The summed E-state index contributed by atoms with van der Waals surface area (Å²) in [5.74, 6) is 1.54. The van der Waals surface area contributed by atoms with Crippen LogP contribution in [0.2, 0.25) is 0 Å². The molecular formula is C27H28N2O5. The molecule has 0 radical (unpaired) electrons. The van der Waals surface area contributed by atoms with Gasteiger partial charge in [-0.05, 0) is 54.4 Å². The third kappa shape index (κ3) is 4.98. The van der Waals surface area contributed by atoms with Crippen LogP contribution >= 0.6 is 0 Å². The van der Waals surface area contributed by atoms with Crippen LogP contribution in [0, 0.1) is 0 Å². The lowest BCUT2D eigenvalue weighted by molar-refractivity contribution is -0.139. The molecule has 0 spiro atoms. The third-order valence-corrected chi connectivity index (χ3v) is 5.77. The highest BCUT2D eigenvalue weighted by Crippen LogP contribution is 2.31. The average molecular weight is 461 g/mol. The minimum atomic E-state index is -0.569. The molecule has 34 heavy (non-hydrogen) atoms. The van der Waals surface area contributed by atoms with Crippen LogP contribution in [-0.2, 0) is 17.9 Å². The fraction of sp³-hybridized carbons (Fsp3) is 0.259. The Hall–Kier alpha value is -4.00. The Bertz CT molecular complexity index is 1190. The van der Waals surface area contributed by atoms with Crippen molar-refractivity contribution in [1.82, 2.24) is 4.90 Å². The van der Waals surface area contributed by atoms with Crippen molar-refractivity contribution in [2.24, 2.45) is 0 Å². The van der Waals surface area contributed by atoms with Crippen LogP contribution in [0.3, 0.4) is 0 Å². The number of rotatable bonds is 7. The average Bonchev–Trinajstić information content (AvgIpc) is 2.99. The minimum Gasteiger partial charge on any atom is -0.497 e. The lowest BCUT2D eigenvalue weighted by atomic mass is 10.1. The van der Waals surface area contributed by atoms with Crippen LogP contribution in [0.1, 0.15) is 34.8 Å². The maximum Gasteiger partial charge on any atom is 0.264 e. The maximum atomic E-state index is 13.2. The quantitative estimate of drug-likeness (QED) is 0.555. The summed E-state index contributed by atoms with van der Waals surface area (Å²) in [6.45, 7) is 2.71. The predicted molar refractivity (Wildman–Crippen MR) is 129 cm³/mol. The number of anilines is 1. The van der Waals surface area contributed by atoms with E-state index >= 15 is 0 Å². The SMILES string of the molecule is CC[C@@H]1Oc2ccc(NC(=O)c3ccccc3OC)cc2CN(Cc2cccc(OC)c2)C1=O. The molecule has 1 heterocycles. The highest BCUT2D eigenvalue weighted by Gasteiger charge is 2.30. The molecule has 0 saturated heterocycles. The normalized spacial score (nSPS) is 15.1. The van der Waals surface area contributed by atoms with Gasteiger partial charge in [0.15, 0.2) is 6.10 Å². The van der Waals surface area contributed by atoms with Crippen molar-refractivity contribution >= 4 is 17.5 Å². The van der Waals surface area contributed by atoms with Gasteiger partial charge in [-0.15, -0.1) is 0 Å². The van der Waals surface area contributed by atoms with Gasteiger partial charge in [0.2, 0.25) is 0 Å². The molecule has 0 aliphatic carbocycles. The summed E-state index contributed by atoms with van der Waals surface area (Å²) in [7, 11) is 3.15. The first-order valence-corrected chi connectivity index (χ1v) is 11.2. The van der Waals surface area contributed by atoms with Crippen molar-refractivity contribution in [3.63, 3.8) is 0 Å². The van der Waals surface area contributed by atoms with Gasteiger partial charge in [-0.3, -0.25) is 9.59 Å². The Morgan fingerprint density at radius 2 is 1.88 bits per heavy atom. The lowest BCUT2D eigenvalue weighted by Crippen LogP contribution is -2.38. The van der Waals surface area contributed by atoms with E-state index in [0.29, 0.717) is 42.3 Å². The molecule has 1 N–H and O–H groups in total. The molecule has 3 aromatic carbocycles. The summed E-state index contributed by atoms with van der Waals surface area (Å²) in [4.78, 5) is 27.8. The number of hydrogen-bond donors (Lipinski definition) is 1. The van der Waals surface area contributed by atoms with E-state index in [1.165, 1.54) is 7.11 Å². The van der Waals surface area contributed by atoms with Gasteiger partial charge in [-0.1, -0.05) is 31.2 Å². The van der Waals surface area contributed by atoms with Gasteiger partial charge in [-0.2, -0.15) is 0 Å². The Balaban J connectivity index is 1.60. The first-order chi connectivity index (χ1) is 16.5. The van der Waals surface area contributed by atoms with Crippen LogP contribution in [0.4, 0.5) is 5.69 Å². The van der Waals surface area contributed by atoms with Crippen LogP contribution in [-0.4, -0.2) is 37.0 Å². The number of nitrogens with zero attached hydrogens (tertiary/aromatic N) is 1. The maximum absolute atomic E-state index is 13.2. The van der Waals surface area contributed by atoms with E-state index in [4.69, 9.17) is 14.2 Å². The molecule has 1 aliphatic heterocycles. The molecular weight excluding hydrogens is 432 g/mol. The zero-order chi connectivity index (χ0) is 24.1. The Kier molecular flexibility index (Phi) is 7.01. The molecule has 1 atom stereocenters. The molecule has 7 heteroatoms. The second kappa shape index (κ2) is 10.3. The van der Waals surface area contributed by atoms with Crippen molar-refractivity contribution in [3.8, 4) is 17.2 Å². The van der Waals surface area contributed by atoms with Gasteiger partial charge < -0.3 is 24.4 Å². The van der Waals surface area contributed by atoms with Gasteiger partial charge in [-0.25, -0.2) is 0 Å². The van der Waals surface area contributed by atoms with Gasteiger partial charge in [0.05, 0.1) is 19.8 Å². The molecule has 3 aromatic rings.